The van der Waals surface area contributed by atoms with Gasteiger partial charge in [-0.2, -0.15) is 0 Å². The van der Waals surface area contributed by atoms with E-state index in [1.165, 1.54) is 31.4 Å². The Balaban J connectivity index is 2.05. The van der Waals surface area contributed by atoms with Crippen LogP contribution in [0.5, 0.6) is 0 Å². The lowest BCUT2D eigenvalue weighted by molar-refractivity contribution is 0.0940. The molecule has 0 saturated heterocycles. The van der Waals surface area contributed by atoms with Crippen LogP contribution in [0.15, 0.2) is 53.4 Å². The van der Waals surface area contributed by atoms with Crippen molar-refractivity contribution >= 4 is 27.5 Å². The lowest BCUT2D eigenvalue weighted by atomic mass is 10.1. The average molecular weight is 411 g/mol. The van der Waals surface area contributed by atoms with Crippen molar-refractivity contribution in [1.82, 2.24) is 10.0 Å². The topological polar surface area (TPSA) is 84.5 Å². The Morgan fingerprint density at radius 2 is 1.67 bits per heavy atom. The van der Waals surface area contributed by atoms with Gasteiger partial charge in [-0.15, -0.1) is 0 Å². The molecule has 6 nitrogen and oxygen atoms in total. The smallest absolute Gasteiger partial charge is 0.251 e. The van der Waals surface area contributed by atoms with Gasteiger partial charge in [0.25, 0.3) is 5.91 Å². The molecule has 0 aliphatic rings. The van der Waals surface area contributed by atoms with Crippen molar-refractivity contribution in [3.05, 3.63) is 64.7 Å². The molecule has 27 heavy (non-hydrogen) atoms. The normalized spacial score (nSPS) is 13.8. The maximum Gasteiger partial charge on any atom is 0.251 e. The SMILES string of the molecule is COC[C@H](C)NS(=O)(=O)c1ccc(C(=O)N[C@@H](C)c2ccc(Cl)cc2)cc1. The average Bonchev–Trinajstić information content (AvgIpc) is 2.62. The van der Waals surface area contributed by atoms with Crippen molar-refractivity contribution in [2.24, 2.45) is 0 Å². The van der Waals surface area contributed by atoms with Crippen LogP contribution < -0.4 is 10.0 Å². The third kappa shape index (κ3) is 6.04. The molecular weight excluding hydrogens is 388 g/mol. The molecule has 0 aliphatic heterocycles. The van der Waals surface area contributed by atoms with E-state index >= 15 is 0 Å². The number of sulfonamides is 1. The number of methoxy groups -OCH3 is 1. The van der Waals surface area contributed by atoms with Crippen LogP contribution in [0.3, 0.4) is 0 Å². The molecule has 146 valence electrons. The van der Waals surface area contributed by atoms with E-state index in [4.69, 9.17) is 16.3 Å². The molecule has 0 aliphatic carbocycles. The van der Waals surface area contributed by atoms with Gasteiger partial charge < -0.3 is 10.1 Å². The predicted octanol–water partition coefficient (Wildman–Crippen LogP) is 3.14. The highest BCUT2D eigenvalue weighted by Crippen LogP contribution is 2.17. The lowest BCUT2D eigenvalue weighted by Crippen LogP contribution is -2.35. The molecule has 0 saturated carbocycles. The number of amides is 1. The van der Waals surface area contributed by atoms with Gasteiger partial charge in [0.2, 0.25) is 10.0 Å². The summed E-state index contributed by atoms with van der Waals surface area (Å²) in [5, 5.41) is 3.50. The van der Waals surface area contributed by atoms with E-state index in [0.717, 1.165) is 5.56 Å². The molecule has 8 heteroatoms. The number of nitrogens with one attached hydrogen (secondary N) is 2. The zero-order valence-electron chi connectivity index (χ0n) is 15.4. The Morgan fingerprint density at radius 3 is 2.22 bits per heavy atom. The number of rotatable bonds is 8. The first-order valence-electron chi connectivity index (χ1n) is 8.40. The van der Waals surface area contributed by atoms with Gasteiger partial charge in [-0.3, -0.25) is 4.79 Å². The second kappa shape index (κ2) is 9.32. The summed E-state index contributed by atoms with van der Waals surface area (Å²) in [5.74, 6) is -0.290. The Morgan fingerprint density at radius 1 is 1.07 bits per heavy atom. The van der Waals surface area contributed by atoms with Crippen molar-refractivity contribution in [2.45, 2.75) is 30.8 Å². The number of hydrogen-bond donors (Lipinski definition) is 2. The van der Waals surface area contributed by atoms with Gasteiger partial charge in [-0.25, -0.2) is 13.1 Å². The summed E-state index contributed by atoms with van der Waals surface area (Å²) in [6.07, 6.45) is 0. The van der Waals surface area contributed by atoms with Crippen LogP contribution in [-0.4, -0.2) is 34.1 Å². The van der Waals surface area contributed by atoms with E-state index in [1.54, 1.807) is 19.1 Å². The number of carbonyl (C=O) groups is 1. The first-order chi connectivity index (χ1) is 12.7. The Hall–Kier alpha value is -1.93. The number of carbonyl (C=O) groups excluding carboxylic acids is 1. The van der Waals surface area contributed by atoms with E-state index in [-0.39, 0.29) is 29.5 Å². The van der Waals surface area contributed by atoms with Crippen LogP contribution in [0, 0.1) is 0 Å². The summed E-state index contributed by atoms with van der Waals surface area (Å²) in [7, 11) is -2.17. The number of hydrogen-bond acceptors (Lipinski definition) is 4. The molecule has 2 atom stereocenters. The van der Waals surface area contributed by atoms with Crippen LogP contribution in [0.4, 0.5) is 0 Å². The standard InChI is InChI=1S/C19H23ClN2O4S/c1-13(12-26-3)22-27(24,25)18-10-6-16(7-11-18)19(23)21-14(2)15-4-8-17(20)9-5-15/h4-11,13-14,22H,12H2,1-3H3,(H,21,23)/t13-,14-/m0/s1. The van der Waals surface area contributed by atoms with E-state index in [1.807, 2.05) is 19.1 Å². The fraction of sp³-hybridized carbons (Fsp3) is 0.316. The van der Waals surface area contributed by atoms with Crippen molar-refractivity contribution < 1.29 is 17.9 Å². The highest BCUT2D eigenvalue weighted by atomic mass is 35.5. The fourth-order valence-electron chi connectivity index (χ4n) is 2.52. The minimum atomic E-state index is -3.67. The van der Waals surface area contributed by atoms with Crippen molar-refractivity contribution in [3.8, 4) is 0 Å². The molecule has 0 aromatic heterocycles. The number of benzene rings is 2. The van der Waals surface area contributed by atoms with E-state index in [9.17, 15) is 13.2 Å². The summed E-state index contributed by atoms with van der Waals surface area (Å²) in [6.45, 7) is 3.84. The van der Waals surface area contributed by atoms with Gasteiger partial charge in [0.05, 0.1) is 17.5 Å². The molecule has 0 heterocycles. The lowest BCUT2D eigenvalue weighted by Gasteiger charge is -2.15. The molecule has 0 spiro atoms. The minimum Gasteiger partial charge on any atom is -0.383 e. The molecule has 1 amide bonds. The number of halogens is 1. The summed E-state index contributed by atoms with van der Waals surface area (Å²) < 4.78 is 32.1. The van der Waals surface area contributed by atoms with Crippen molar-refractivity contribution in [2.75, 3.05) is 13.7 Å². The number of ether oxygens (including phenoxy) is 1. The minimum absolute atomic E-state index is 0.0905. The van der Waals surface area contributed by atoms with Crippen LogP contribution in [-0.2, 0) is 14.8 Å². The van der Waals surface area contributed by atoms with Crippen molar-refractivity contribution in [1.29, 1.82) is 0 Å². The highest BCUT2D eigenvalue weighted by molar-refractivity contribution is 7.89. The Kier molecular flexibility index (Phi) is 7.38. The summed E-state index contributed by atoms with van der Waals surface area (Å²) in [4.78, 5) is 12.5. The molecule has 2 aromatic rings. The van der Waals surface area contributed by atoms with Gasteiger partial charge in [-0.1, -0.05) is 23.7 Å². The fourth-order valence-corrected chi connectivity index (χ4v) is 3.87. The molecule has 0 radical (unpaired) electrons. The van der Waals surface area contributed by atoms with Crippen LogP contribution in [0.25, 0.3) is 0 Å². The zero-order valence-corrected chi connectivity index (χ0v) is 17.0. The first-order valence-corrected chi connectivity index (χ1v) is 10.3. The molecule has 0 bridgehead atoms. The second-order valence-corrected chi connectivity index (χ2v) is 8.40. The maximum absolute atomic E-state index is 12.4. The summed E-state index contributed by atoms with van der Waals surface area (Å²) >= 11 is 5.87. The molecule has 0 unspecified atom stereocenters. The quantitative estimate of drug-likeness (QED) is 0.700. The van der Waals surface area contributed by atoms with Crippen molar-refractivity contribution in [3.63, 3.8) is 0 Å². The van der Waals surface area contributed by atoms with Crippen LogP contribution >= 0.6 is 11.6 Å². The van der Waals surface area contributed by atoms with Gasteiger partial charge in [0.1, 0.15) is 0 Å². The monoisotopic (exact) mass is 410 g/mol. The third-order valence-electron chi connectivity index (χ3n) is 3.92. The largest absolute Gasteiger partial charge is 0.383 e. The van der Waals surface area contributed by atoms with Gasteiger partial charge in [-0.05, 0) is 55.8 Å². The van der Waals surface area contributed by atoms with E-state index in [0.29, 0.717) is 10.6 Å². The summed E-state index contributed by atoms with van der Waals surface area (Å²) in [5.41, 5.74) is 1.29. The molecule has 2 rings (SSSR count). The maximum atomic E-state index is 12.4. The zero-order chi connectivity index (χ0) is 20.0. The van der Waals surface area contributed by atoms with Gasteiger partial charge in [0.15, 0.2) is 0 Å². The van der Waals surface area contributed by atoms with Crippen LogP contribution in [0.1, 0.15) is 35.8 Å². The third-order valence-corrected chi connectivity index (χ3v) is 5.77. The van der Waals surface area contributed by atoms with Crippen LogP contribution in [0.2, 0.25) is 5.02 Å². The molecule has 0 fully saturated rings. The molecule has 2 aromatic carbocycles. The van der Waals surface area contributed by atoms with Gasteiger partial charge in [0, 0.05) is 23.7 Å². The van der Waals surface area contributed by atoms with E-state index in [2.05, 4.69) is 10.0 Å². The van der Waals surface area contributed by atoms with E-state index < -0.39 is 10.0 Å². The highest BCUT2D eigenvalue weighted by Gasteiger charge is 2.18. The summed E-state index contributed by atoms with van der Waals surface area (Å²) in [6, 6.07) is 12.4. The molecule has 2 N–H and O–H groups in total. The predicted molar refractivity (Wildman–Crippen MR) is 105 cm³/mol. The Bertz CT molecular complexity index is 868. The Labute approximate surface area is 164 Å². The first kappa shape index (κ1) is 21.4. The molecular formula is C19H23ClN2O4S. The van der Waals surface area contributed by atoms with Gasteiger partial charge >= 0.3 is 0 Å². The second-order valence-electron chi connectivity index (χ2n) is 6.25.